The van der Waals surface area contributed by atoms with Gasteiger partial charge < -0.3 is 5.32 Å². The Balaban J connectivity index is 1.61. The Bertz CT molecular complexity index is 1130. The zero-order chi connectivity index (χ0) is 20.8. The van der Waals surface area contributed by atoms with Gasteiger partial charge in [0.15, 0.2) is 5.78 Å². The van der Waals surface area contributed by atoms with Crippen LogP contribution in [0.25, 0.3) is 5.69 Å². The maximum atomic E-state index is 13.1. The number of Topliss-reactive ketones (excluding diaryl/α,β-unsaturated/α-hetero) is 1. The molecule has 1 aliphatic heterocycles. The number of halogens is 2. The quantitative estimate of drug-likeness (QED) is 0.472. The molecule has 4 rings (SSSR count). The average molecular weight is 451 g/mol. The third-order valence-corrected chi connectivity index (χ3v) is 6.06. The first-order valence-electron chi connectivity index (χ1n) is 8.25. The van der Waals surface area contributed by atoms with Crippen molar-refractivity contribution < 1.29 is 14.4 Å². The number of hydrogen-bond donors (Lipinski definition) is 1. The van der Waals surface area contributed by atoms with E-state index in [0.29, 0.717) is 15.6 Å². The monoisotopic (exact) mass is 450 g/mol. The maximum Gasteiger partial charge on any atom is 0.325 e. The van der Waals surface area contributed by atoms with Crippen molar-refractivity contribution in [1.82, 2.24) is 30.4 Å². The van der Waals surface area contributed by atoms with E-state index in [4.69, 9.17) is 23.2 Å². The van der Waals surface area contributed by atoms with E-state index >= 15 is 0 Å². The lowest BCUT2D eigenvalue weighted by atomic mass is 9.91. The van der Waals surface area contributed by atoms with Crippen LogP contribution in [0.15, 0.2) is 36.7 Å². The maximum absolute atomic E-state index is 13.1. The van der Waals surface area contributed by atoms with Gasteiger partial charge in [-0.25, -0.2) is 9.48 Å². The molecule has 0 saturated carbocycles. The molecule has 1 atom stereocenters. The summed E-state index contributed by atoms with van der Waals surface area (Å²) in [5.41, 5.74) is -0.0331. The zero-order valence-corrected chi connectivity index (χ0v) is 17.1. The van der Waals surface area contributed by atoms with E-state index < -0.39 is 29.8 Å². The predicted octanol–water partition coefficient (Wildman–Crippen LogP) is 2.68. The number of carbonyl (C=O) groups is 3. The number of aromatic nitrogens is 4. The number of nitrogens with one attached hydrogen (secondary N) is 1. The van der Waals surface area contributed by atoms with Gasteiger partial charge in [-0.15, -0.1) is 16.4 Å². The van der Waals surface area contributed by atoms with Crippen molar-refractivity contribution in [1.29, 1.82) is 0 Å². The summed E-state index contributed by atoms with van der Waals surface area (Å²) in [6, 6.07) is 7.62. The normalized spacial score (nSPS) is 18.9. The van der Waals surface area contributed by atoms with Crippen LogP contribution in [0, 0.1) is 0 Å². The third-order valence-electron chi connectivity index (χ3n) is 4.57. The van der Waals surface area contributed by atoms with Gasteiger partial charge in [-0.2, -0.15) is 0 Å². The summed E-state index contributed by atoms with van der Waals surface area (Å²) in [6.07, 6.45) is 1.41. The number of amides is 3. The van der Waals surface area contributed by atoms with E-state index in [0.717, 1.165) is 16.2 Å². The molecule has 0 bridgehead atoms. The second-order valence-electron chi connectivity index (χ2n) is 6.41. The minimum absolute atomic E-state index is 0.177. The molecule has 0 spiro atoms. The number of nitrogens with zero attached hydrogens (tertiary/aromatic N) is 5. The van der Waals surface area contributed by atoms with Crippen LogP contribution in [0.5, 0.6) is 0 Å². The Labute approximate surface area is 178 Å². The molecule has 3 amide bonds. The van der Waals surface area contributed by atoms with Crippen molar-refractivity contribution in [3.8, 4) is 5.69 Å². The Morgan fingerprint density at radius 2 is 2.07 bits per heavy atom. The fourth-order valence-corrected chi connectivity index (χ4v) is 4.53. The van der Waals surface area contributed by atoms with Crippen LogP contribution >= 0.6 is 34.5 Å². The molecule has 1 fully saturated rings. The number of rotatable bonds is 5. The van der Waals surface area contributed by atoms with E-state index in [1.54, 1.807) is 31.2 Å². The van der Waals surface area contributed by atoms with Crippen LogP contribution in [0.3, 0.4) is 0 Å². The lowest BCUT2D eigenvalue weighted by Crippen LogP contribution is -2.41. The minimum Gasteiger partial charge on any atom is -0.319 e. The van der Waals surface area contributed by atoms with Crippen molar-refractivity contribution >= 4 is 52.3 Å². The van der Waals surface area contributed by atoms with Gasteiger partial charge in [-0.3, -0.25) is 14.5 Å². The molecule has 9 nitrogen and oxygen atoms in total. The van der Waals surface area contributed by atoms with Crippen LogP contribution in [0.4, 0.5) is 4.79 Å². The highest BCUT2D eigenvalue weighted by atomic mass is 35.5. The molecule has 148 valence electrons. The Morgan fingerprint density at radius 3 is 2.72 bits per heavy atom. The number of imide groups is 1. The van der Waals surface area contributed by atoms with E-state index in [1.165, 1.54) is 17.1 Å². The highest BCUT2D eigenvalue weighted by Gasteiger charge is 2.49. The summed E-state index contributed by atoms with van der Waals surface area (Å²) in [5.74, 6) is -1.03. The van der Waals surface area contributed by atoms with Crippen LogP contribution in [-0.2, 0) is 10.3 Å². The summed E-state index contributed by atoms with van der Waals surface area (Å²) < 4.78 is 1.99. The topological polar surface area (TPSA) is 110 Å². The Morgan fingerprint density at radius 1 is 1.28 bits per heavy atom. The SMILES string of the molecule is C[C@]1(c2cccc(-n3cnnn3)c2)NC(=O)N(CC(=O)c2cc(Cl)sc2Cl)C1=O. The van der Waals surface area contributed by atoms with Gasteiger partial charge in [0.25, 0.3) is 5.91 Å². The molecule has 3 heterocycles. The summed E-state index contributed by atoms with van der Waals surface area (Å²) >= 11 is 12.9. The van der Waals surface area contributed by atoms with Crippen LogP contribution < -0.4 is 5.32 Å². The lowest BCUT2D eigenvalue weighted by molar-refractivity contribution is -0.130. The minimum atomic E-state index is -1.35. The van der Waals surface area contributed by atoms with Gasteiger partial charge >= 0.3 is 6.03 Å². The summed E-state index contributed by atoms with van der Waals surface area (Å²) in [5, 5.41) is 13.6. The van der Waals surface area contributed by atoms with Gasteiger partial charge in [0.05, 0.1) is 22.1 Å². The molecule has 3 aromatic rings. The summed E-state index contributed by atoms with van der Waals surface area (Å²) in [7, 11) is 0. The molecule has 0 unspecified atom stereocenters. The van der Waals surface area contributed by atoms with Gasteiger partial charge in [0, 0.05) is 0 Å². The number of carbonyl (C=O) groups excluding carboxylic acids is 3. The average Bonchev–Trinajstić information content (AvgIpc) is 3.39. The van der Waals surface area contributed by atoms with Gasteiger partial charge in [-0.1, -0.05) is 35.3 Å². The van der Waals surface area contributed by atoms with Gasteiger partial charge in [-0.05, 0) is 41.1 Å². The van der Waals surface area contributed by atoms with Crippen molar-refractivity contribution in [2.45, 2.75) is 12.5 Å². The molecule has 0 aliphatic carbocycles. The summed E-state index contributed by atoms with van der Waals surface area (Å²) in [4.78, 5) is 39.0. The number of ketones is 1. The first-order valence-corrected chi connectivity index (χ1v) is 9.83. The molecular weight excluding hydrogens is 439 g/mol. The standard InChI is InChI=1S/C17H12Cl2N6O3S/c1-17(9-3-2-4-10(5-9)25-8-20-22-23-25)15(27)24(16(28)21-17)7-12(26)11-6-13(18)29-14(11)19/h2-6,8H,7H2,1H3,(H,21,28)/t17-/m1/s1. The van der Waals surface area contributed by atoms with Crippen LogP contribution in [0.1, 0.15) is 22.8 Å². The van der Waals surface area contributed by atoms with Crippen LogP contribution in [0.2, 0.25) is 8.67 Å². The van der Waals surface area contributed by atoms with Crippen molar-refractivity contribution in [2.75, 3.05) is 6.54 Å². The molecule has 1 aromatic carbocycles. The summed E-state index contributed by atoms with van der Waals surface area (Å²) in [6.45, 7) is 1.13. The molecule has 1 aliphatic rings. The third kappa shape index (κ3) is 3.39. The fourth-order valence-electron chi connectivity index (χ4n) is 3.03. The number of hydrogen-bond acceptors (Lipinski definition) is 7. The van der Waals surface area contributed by atoms with Gasteiger partial charge in [0.1, 0.15) is 16.2 Å². The Kier molecular flexibility index (Phi) is 4.85. The molecule has 1 saturated heterocycles. The van der Waals surface area contributed by atoms with Gasteiger partial charge in [0.2, 0.25) is 0 Å². The van der Waals surface area contributed by atoms with Crippen molar-refractivity contribution in [3.05, 3.63) is 56.5 Å². The van der Waals surface area contributed by atoms with E-state index in [-0.39, 0.29) is 9.90 Å². The van der Waals surface area contributed by atoms with Crippen molar-refractivity contribution in [3.63, 3.8) is 0 Å². The second-order valence-corrected chi connectivity index (χ2v) is 8.70. The first kappa shape index (κ1) is 19.5. The van der Waals surface area contributed by atoms with E-state index in [2.05, 4.69) is 20.8 Å². The molecule has 0 radical (unpaired) electrons. The zero-order valence-electron chi connectivity index (χ0n) is 14.8. The highest BCUT2D eigenvalue weighted by molar-refractivity contribution is 7.20. The van der Waals surface area contributed by atoms with E-state index in [9.17, 15) is 14.4 Å². The number of urea groups is 1. The Hall–Kier alpha value is -2.82. The second kappa shape index (κ2) is 7.21. The molecule has 12 heteroatoms. The molecule has 29 heavy (non-hydrogen) atoms. The lowest BCUT2D eigenvalue weighted by Gasteiger charge is -2.22. The number of thiophene rings is 1. The number of tetrazole rings is 1. The molecular formula is C17H12Cl2N6O3S. The van der Waals surface area contributed by atoms with Crippen molar-refractivity contribution in [2.24, 2.45) is 0 Å². The smallest absolute Gasteiger partial charge is 0.319 e. The molecule has 2 aromatic heterocycles. The largest absolute Gasteiger partial charge is 0.325 e. The fraction of sp³-hybridized carbons (Fsp3) is 0.176. The van der Waals surface area contributed by atoms with Crippen LogP contribution in [-0.4, -0.2) is 49.4 Å². The molecule has 1 N–H and O–H groups in total. The predicted molar refractivity (Wildman–Crippen MR) is 105 cm³/mol. The van der Waals surface area contributed by atoms with E-state index in [1.807, 2.05) is 0 Å². The highest BCUT2D eigenvalue weighted by Crippen LogP contribution is 2.33. The first-order chi connectivity index (χ1) is 13.8. The number of benzene rings is 1.